The van der Waals surface area contributed by atoms with Crippen LogP contribution in [0.15, 0.2) is 35.0 Å². The van der Waals surface area contributed by atoms with E-state index in [0.717, 1.165) is 5.56 Å². The molecule has 0 spiro atoms. The Morgan fingerprint density at radius 1 is 1.48 bits per heavy atom. The molecule has 0 aromatic carbocycles. The highest BCUT2D eigenvalue weighted by atomic mass is 16.4. The van der Waals surface area contributed by atoms with Crippen LogP contribution in [-0.4, -0.2) is 22.0 Å². The Morgan fingerprint density at radius 2 is 2.24 bits per heavy atom. The number of nitrogens with one attached hydrogen (secondary N) is 1. The van der Waals surface area contributed by atoms with Crippen molar-refractivity contribution in [1.82, 2.24) is 10.3 Å². The number of aromatic nitrogens is 1. The first-order chi connectivity index (χ1) is 10.0. The maximum Gasteiger partial charge on any atom is 0.339 e. The zero-order valence-corrected chi connectivity index (χ0v) is 11.8. The van der Waals surface area contributed by atoms with Crippen molar-refractivity contribution < 1.29 is 19.1 Å². The number of hydrogen-bond acceptors (Lipinski definition) is 4. The van der Waals surface area contributed by atoms with Crippen molar-refractivity contribution in [3.63, 3.8) is 0 Å². The molecule has 2 heterocycles. The number of carboxylic acids is 1. The third-order valence-corrected chi connectivity index (χ3v) is 3.12. The smallest absolute Gasteiger partial charge is 0.339 e. The summed E-state index contributed by atoms with van der Waals surface area (Å²) < 4.78 is 5.32. The predicted octanol–water partition coefficient (Wildman–Crippen LogP) is 2.43. The first-order valence-electron chi connectivity index (χ1n) is 6.59. The van der Waals surface area contributed by atoms with E-state index in [2.05, 4.69) is 10.3 Å². The van der Waals surface area contributed by atoms with E-state index in [1.165, 1.54) is 6.07 Å². The van der Waals surface area contributed by atoms with Crippen LogP contribution in [0.2, 0.25) is 0 Å². The first-order valence-corrected chi connectivity index (χ1v) is 6.59. The summed E-state index contributed by atoms with van der Waals surface area (Å²) in [5.41, 5.74) is 0.878. The standard InChI is InChI=1S/C15H16N2O4/c1-3-12-11(15(19)20)7-13(21-12)14(18)17-9(2)10-5-4-6-16-8-10/h4-9H,3H2,1-2H3,(H,17,18)(H,19,20). The number of carbonyl (C=O) groups excluding carboxylic acids is 1. The fourth-order valence-corrected chi connectivity index (χ4v) is 1.97. The Hall–Kier alpha value is -2.63. The molecule has 2 rings (SSSR count). The van der Waals surface area contributed by atoms with E-state index in [4.69, 9.17) is 9.52 Å². The molecule has 6 nitrogen and oxygen atoms in total. The number of carboxylic acid groups (broad SMARTS) is 1. The molecule has 0 saturated carbocycles. The van der Waals surface area contributed by atoms with E-state index in [-0.39, 0.29) is 17.4 Å². The molecule has 0 aliphatic rings. The molecule has 6 heteroatoms. The number of carbonyl (C=O) groups is 2. The van der Waals surface area contributed by atoms with Gasteiger partial charge in [0.25, 0.3) is 5.91 Å². The molecule has 1 amide bonds. The van der Waals surface area contributed by atoms with Gasteiger partial charge in [-0.15, -0.1) is 0 Å². The van der Waals surface area contributed by atoms with Gasteiger partial charge in [0.15, 0.2) is 5.76 Å². The fourth-order valence-electron chi connectivity index (χ4n) is 1.97. The number of pyridine rings is 1. The van der Waals surface area contributed by atoms with Crippen LogP contribution in [0.1, 0.15) is 52.1 Å². The summed E-state index contributed by atoms with van der Waals surface area (Å²) in [6, 6.07) is 4.63. The van der Waals surface area contributed by atoms with E-state index < -0.39 is 11.9 Å². The number of aromatic carboxylic acids is 1. The third kappa shape index (κ3) is 3.28. The van der Waals surface area contributed by atoms with Crippen molar-refractivity contribution in [2.75, 3.05) is 0 Å². The van der Waals surface area contributed by atoms with Crippen molar-refractivity contribution >= 4 is 11.9 Å². The van der Waals surface area contributed by atoms with Crippen molar-refractivity contribution in [2.24, 2.45) is 0 Å². The second-order valence-corrected chi connectivity index (χ2v) is 4.59. The van der Waals surface area contributed by atoms with Crippen LogP contribution >= 0.6 is 0 Å². The molecule has 1 unspecified atom stereocenters. The number of furan rings is 1. The van der Waals surface area contributed by atoms with Gasteiger partial charge in [0.1, 0.15) is 11.3 Å². The van der Waals surface area contributed by atoms with Gasteiger partial charge in [-0.05, 0) is 18.6 Å². The van der Waals surface area contributed by atoms with Crippen LogP contribution in [0, 0.1) is 0 Å². The lowest BCUT2D eigenvalue weighted by Crippen LogP contribution is -2.26. The minimum absolute atomic E-state index is 0.00000898. The van der Waals surface area contributed by atoms with Crippen LogP contribution in [0.25, 0.3) is 0 Å². The third-order valence-electron chi connectivity index (χ3n) is 3.12. The summed E-state index contributed by atoms with van der Waals surface area (Å²) in [7, 11) is 0. The van der Waals surface area contributed by atoms with E-state index in [1.54, 1.807) is 25.4 Å². The fraction of sp³-hybridized carbons (Fsp3) is 0.267. The predicted molar refractivity (Wildman–Crippen MR) is 75.2 cm³/mol. The monoisotopic (exact) mass is 288 g/mol. The second-order valence-electron chi connectivity index (χ2n) is 4.59. The average molecular weight is 288 g/mol. The summed E-state index contributed by atoms with van der Waals surface area (Å²) in [5.74, 6) is -1.26. The van der Waals surface area contributed by atoms with E-state index in [9.17, 15) is 9.59 Å². The van der Waals surface area contributed by atoms with Gasteiger partial charge in [0.2, 0.25) is 0 Å². The van der Waals surface area contributed by atoms with Gasteiger partial charge in [-0.25, -0.2) is 4.79 Å². The largest absolute Gasteiger partial charge is 0.478 e. The summed E-state index contributed by atoms with van der Waals surface area (Å²) in [6.07, 6.45) is 3.72. The van der Waals surface area contributed by atoms with Crippen molar-refractivity contribution in [3.05, 3.63) is 53.2 Å². The van der Waals surface area contributed by atoms with Gasteiger partial charge in [-0.1, -0.05) is 13.0 Å². The highest BCUT2D eigenvalue weighted by molar-refractivity contribution is 5.96. The summed E-state index contributed by atoms with van der Waals surface area (Å²) in [5, 5.41) is 11.8. The number of rotatable bonds is 5. The molecule has 2 aromatic heterocycles. The highest BCUT2D eigenvalue weighted by Crippen LogP contribution is 2.18. The van der Waals surface area contributed by atoms with Crippen LogP contribution in [0.4, 0.5) is 0 Å². The molecule has 21 heavy (non-hydrogen) atoms. The quantitative estimate of drug-likeness (QED) is 0.881. The molecular formula is C15H16N2O4. The van der Waals surface area contributed by atoms with Gasteiger partial charge in [0.05, 0.1) is 6.04 Å². The van der Waals surface area contributed by atoms with Gasteiger partial charge in [0, 0.05) is 24.9 Å². The maximum absolute atomic E-state index is 12.1. The molecule has 0 radical (unpaired) electrons. The summed E-state index contributed by atoms with van der Waals surface area (Å²) in [4.78, 5) is 27.2. The molecule has 2 N–H and O–H groups in total. The number of nitrogens with zero attached hydrogens (tertiary/aromatic N) is 1. The molecule has 110 valence electrons. The topological polar surface area (TPSA) is 92.4 Å². The normalized spacial score (nSPS) is 11.9. The van der Waals surface area contributed by atoms with Crippen molar-refractivity contribution in [3.8, 4) is 0 Å². The van der Waals surface area contributed by atoms with E-state index in [0.29, 0.717) is 12.2 Å². The van der Waals surface area contributed by atoms with E-state index >= 15 is 0 Å². The lowest BCUT2D eigenvalue weighted by molar-refractivity contribution is 0.0694. The van der Waals surface area contributed by atoms with Gasteiger partial charge >= 0.3 is 5.97 Å². The molecule has 0 aliphatic carbocycles. The molecule has 0 fully saturated rings. The Bertz CT molecular complexity index is 649. The molecule has 1 atom stereocenters. The van der Waals surface area contributed by atoms with Crippen molar-refractivity contribution in [1.29, 1.82) is 0 Å². The zero-order chi connectivity index (χ0) is 15.4. The molecule has 0 bridgehead atoms. The second kappa shape index (κ2) is 6.21. The Kier molecular flexibility index (Phi) is 4.37. The molecular weight excluding hydrogens is 272 g/mol. The number of aryl methyl sites for hydroxylation is 1. The van der Waals surface area contributed by atoms with Gasteiger partial charge in [-0.2, -0.15) is 0 Å². The number of hydrogen-bond donors (Lipinski definition) is 2. The van der Waals surface area contributed by atoms with Crippen molar-refractivity contribution in [2.45, 2.75) is 26.3 Å². The maximum atomic E-state index is 12.1. The van der Waals surface area contributed by atoms with Gasteiger partial charge < -0.3 is 14.8 Å². The lowest BCUT2D eigenvalue weighted by Gasteiger charge is -2.12. The van der Waals surface area contributed by atoms with Crippen LogP contribution < -0.4 is 5.32 Å². The first kappa shape index (κ1) is 14.8. The number of amides is 1. The minimum Gasteiger partial charge on any atom is -0.478 e. The minimum atomic E-state index is -1.10. The Morgan fingerprint density at radius 3 is 2.76 bits per heavy atom. The zero-order valence-electron chi connectivity index (χ0n) is 11.8. The van der Waals surface area contributed by atoms with Gasteiger partial charge in [-0.3, -0.25) is 9.78 Å². The van der Waals surface area contributed by atoms with E-state index in [1.807, 2.05) is 13.0 Å². The highest BCUT2D eigenvalue weighted by Gasteiger charge is 2.21. The molecule has 0 saturated heterocycles. The van der Waals surface area contributed by atoms with Crippen LogP contribution in [0.5, 0.6) is 0 Å². The van der Waals surface area contributed by atoms with Crippen LogP contribution in [-0.2, 0) is 6.42 Å². The van der Waals surface area contributed by atoms with Crippen LogP contribution in [0.3, 0.4) is 0 Å². The SMILES string of the molecule is CCc1oc(C(=O)NC(C)c2cccnc2)cc1C(=O)O. The molecule has 2 aromatic rings. The summed E-state index contributed by atoms with van der Waals surface area (Å²) in [6.45, 7) is 3.59. The average Bonchev–Trinajstić information content (AvgIpc) is 2.92. The summed E-state index contributed by atoms with van der Waals surface area (Å²) >= 11 is 0. The Balaban J connectivity index is 2.15. The Labute approximate surface area is 121 Å². The molecule has 0 aliphatic heterocycles. The lowest BCUT2D eigenvalue weighted by atomic mass is 10.1.